The molecule has 3 nitrogen and oxygen atoms in total. The van der Waals surface area contributed by atoms with Crippen molar-refractivity contribution in [3.8, 4) is 0 Å². The SMILES string of the molecule is CCCCCCCCCCC[Si](C)(C)CCCCNc1ccc(C(=O)OCC)cc1. The second kappa shape index (κ2) is 16.4. The molecule has 0 unspecified atom stereocenters. The van der Waals surface area contributed by atoms with Gasteiger partial charge in [-0.3, -0.25) is 0 Å². The molecule has 0 aliphatic heterocycles. The fraction of sp³-hybridized carbons (Fsp3) is 0.731. The fourth-order valence-electron chi connectivity index (χ4n) is 3.94. The van der Waals surface area contributed by atoms with Gasteiger partial charge in [0.2, 0.25) is 0 Å². The molecule has 0 heterocycles. The van der Waals surface area contributed by atoms with Crippen LogP contribution in [0.25, 0.3) is 0 Å². The lowest BCUT2D eigenvalue weighted by Crippen LogP contribution is -2.24. The molecule has 1 N–H and O–H groups in total. The van der Waals surface area contributed by atoms with E-state index in [2.05, 4.69) is 25.3 Å². The summed E-state index contributed by atoms with van der Waals surface area (Å²) < 4.78 is 5.02. The molecule has 0 atom stereocenters. The topological polar surface area (TPSA) is 38.3 Å². The Kier molecular flexibility index (Phi) is 14.6. The summed E-state index contributed by atoms with van der Waals surface area (Å²) in [5.41, 5.74) is 1.70. The number of hydrogen-bond donors (Lipinski definition) is 1. The fourth-order valence-corrected chi connectivity index (χ4v) is 6.60. The third-order valence-corrected chi connectivity index (χ3v) is 9.38. The lowest BCUT2D eigenvalue weighted by Gasteiger charge is -2.22. The molecule has 0 amide bonds. The van der Waals surface area contributed by atoms with Crippen molar-refractivity contribution in [3.05, 3.63) is 29.8 Å². The molecule has 1 aromatic rings. The van der Waals surface area contributed by atoms with E-state index in [0.29, 0.717) is 12.2 Å². The first kappa shape index (κ1) is 26.7. The van der Waals surface area contributed by atoms with E-state index in [-0.39, 0.29) is 5.97 Å². The van der Waals surface area contributed by atoms with E-state index in [9.17, 15) is 4.79 Å². The van der Waals surface area contributed by atoms with Crippen molar-refractivity contribution in [1.29, 1.82) is 0 Å². The largest absolute Gasteiger partial charge is 0.462 e. The van der Waals surface area contributed by atoms with Gasteiger partial charge in [0.05, 0.1) is 12.2 Å². The zero-order valence-electron chi connectivity index (χ0n) is 20.2. The molecule has 0 aliphatic rings. The number of anilines is 1. The summed E-state index contributed by atoms with van der Waals surface area (Å²) in [5, 5.41) is 3.48. The van der Waals surface area contributed by atoms with Crippen molar-refractivity contribution in [2.24, 2.45) is 0 Å². The zero-order chi connectivity index (χ0) is 22.1. The lowest BCUT2D eigenvalue weighted by molar-refractivity contribution is 0.0526. The van der Waals surface area contributed by atoms with E-state index in [4.69, 9.17) is 4.74 Å². The molecule has 0 spiro atoms. The second-order valence-electron chi connectivity index (χ2n) is 9.42. The smallest absolute Gasteiger partial charge is 0.338 e. The highest BCUT2D eigenvalue weighted by atomic mass is 28.3. The minimum Gasteiger partial charge on any atom is -0.462 e. The van der Waals surface area contributed by atoms with Crippen LogP contribution in [0, 0.1) is 0 Å². The predicted molar refractivity (Wildman–Crippen MR) is 134 cm³/mol. The third kappa shape index (κ3) is 13.1. The highest BCUT2D eigenvalue weighted by Gasteiger charge is 2.19. The molecule has 0 bridgehead atoms. The molecule has 0 aromatic heterocycles. The van der Waals surface area contributed by atoms with Crippen LogP contribution in [0.3, 0.4) is 0 Å². The van der Waals surface area contributed by atoms with Crippen LogP contribution in [0.15, 0.2) is 24.3 Å². The van der Waals surface area contributed by atoms with Crippen LogP contribution < -0.4 is 5.32 Å². The van der Waals surface area contributed by atoms with Crippen molar-refractivity contribution in [2.75, 3.05) is 18.5 Å². The maximum Gasteiger partial charge on any atom is 0.338 e. The summed E-state index contributed by atoms with van der Waals surface area (Å²) in [6, 6.07) is 10.5. The Balaban J connectivity index is 2.06. The summed E-state index contributed by atoms with van der Waals surface area (Å²) in [5.74, 6) is -0.247. The average molecular weight is 434 g/mol. The van der Waals surface area contributed by atoms with Gasteiger partial charge in [0.15, 0.2) is 0 Å². The molecule has 0 radical (unpaired) electrons. The summed E-state index contributed by atoms with van der Waals surface area (Å²) >= 11 is 0. The number of nitrogens with one attached hydrogen (secondary N) is 1. The second-order valence-corrected chi connectivity index (χ2v) is 14.8. The molecule has 1 rings (SSSR count). The number of hydrogen-bond acceptors (Lipinski definition) is 3. The average Bonchev–Trinajstić information content (AvgIpc) is 2.73. The molecule has 0 saturated carbocycles. The van der Waals surface area contributed by atoms with Crippen LogP contribution in [0.5, 0.6) is 0 Å². The zero-order valence-corrected chi connectivity index (χ0v) is 21.2. The van der Waals surface area contributed by atoms with E-state index in [0.717, 1.165) is 12.2 Å². The maximum absolute atomic E-state index is 11.7. The molecular weight excluding hydrogens is 386 g/mol. The number of carbonyl (C=O) groups is 1. The monoisotopic (exact) mass is 433 g/mol. The van der Waals surface area contributed by atoms with E-state index in [1.165, 1.54) is 82.7 Å². The molecule has 4 heteroatoms. The molecule has 0 aliphatic carbocycles. The molecule has 30 heavy (non-hydrogen) atoms. The van der Waals surface area contributed by atoms with Gasteiger partial charge in [0.1, 0.15) is 0 Å². The van der Waals surface area contributed by atoms with Crippen LogP contribution >= 0.6 is 0 Å². The quantitative estimate of drug-likeness (QED) is 0.144. The molecule has 172 valence electrons. The number of ether oxygens (including phenoxy) is 1. The Morgan fingerprint density at radius 1 is 0.800 bits per heavy atom. The van der Waals surface area contributed by atoms with Gasteiger partial charge in [0.25, 0.3) is 0 Å². The Hall–Kier alpha value is -1.29. The van der Waals surface area contributed by atoms with Crippen LogP contribution in [0.1, 0.15) is 94.8 Å². The van der Waals surface area contributed by atoms with E-state index in [1.54, 1.807) is 0 Å². The Morgan fingerprint density at radius 2 is 1.33 bits per heavy atom. The summed E-state index contributed by atoms with van der Waals surface area (Å²) in [7, 11) is -1.03. The summed E-state index contributed by atoms with van der Waals surface area (Å²) in [4.78, 5) is 11.7. The van der Waals surface area contributed by atoms with Gasteiger partial charge in [-0.05, 0) is 37.6 Å². The van der Waals surface area contributed by atoms with Gasteiger partial charge in [-0.25, -0.2) is 4.79 Å². The predicted octanol–water partition coefficient (Wildman–Crippen LogP) is 8.29. The van der Waals surface area contributed by atoms with Crippen molar-refractivity contribution < 1.29 is 9.53 Å². The number of esters is 1. The number of benzene rings is 1. The van der Waals surface area contributed by atoms with Crippen molar-refractivity contribution in [1.82, 2.24) is 0 Å². The standard InChI is InChI=1S/C26H47NO2Si/c1-5-7-8-9-10-11-12-13-15-22-30(3,4)23-16-14-21-27-25-19-17-24(18-20-25)26(28)29-6-2/h17-20,27H,5-16,21-23H2,1-4H3. The van der Waals surface area contributed by atoms with Gasteiger partial charge in [0, 0.05) is 20.3 Å². The number of unbranched alkanes of at least 4 members (excludes halogenated alkanes) is 9. The highest BCUT2D eigenvalue weighted by molar-refractivity contribution is 6.77. The molecule has 1 aromatic carbocycles. The van der Waals surface area contributed by atoms with Crippen LogP contribution in [0.2, 0.25) is 25.2 Å². The van der Waals surface area contributed by atoms with Crippen LogP contribution in [0.4, 0.5) is 5.69 Å². The lowest BCUT2D eigenvalue weighted by atomic mass is 10.1. The van der Waals surface area contributed by atoms with Gasteiger partial charge in [-0.15, -0.1) is 0 Å². The van der Waals surface area contributed by atoms with E-state index in [1.807, 2.05) is 31.2 Å². The molecular formula is C26H47NO2Si. The minimum atomic E-state index is -1.03. The third-order valence-electron chi connectivity index (χ3n) is 5.96. The maximum atomic E-state index is 11.7. The Labute approximate surface area is 187 Å². The first-order chi connectivity index (χ1) is 14.5. The van der Waals surface area contributed by atoms with Gasteiger partial charge in [-0.1, -0.05) is 96.3 Å². The Morgan fingerprint density at radius 3 is 1.90 bits per heavy atom. The molecule has 0 saturated heterocycles. The van der Waals surface area contributed by atoms with Crippen molar-refractivity contribution in [2.45, 2.75) is 110 Å². The number of rotatable bonds is 18. The number of carbonyl (C=O) groups excluding carboxylic acids is 1. The summed E-state index contributed by atoms with van der Waals surface area (Å²) in [6.07, 6.45) is 15.4. The normalized spacial score (nSPS) is 11.5. The van der Waals surface area contributed by atoms with Crippen LogP contribution in [-0.4, -0.2) is 27.2 Å². The first-order valence-corrected chi connectivity index (χ1v) is 15.9. The van der Waals surface area contributed by atoms with E-state index >= 15 is 0 Å². The van der Waals surface area contributed by atoms with Gasteiger partial charge < -0.3 is 10.1 Å². The summed E-state index contributed by atoms with van der Waals surface area (Å²) in [6.45, 7) is 10.7. The van der Waals surface area contributed by atoms with E-state index < -0.39 is 8.07 Å². The Bertz CT molecular complexity index is 557. The van der Waals surface area contributed by atoms with Crippen molar-refractivity contribution >= 4 is 19.7 Å². The molecule has 0 fully saturated rings. The van der Waals surface area contributed by atoms with Gasteiger partial charge >= 0.3 is 5.97 Å². The van der Waals surface area contributed by atoms with Crippen molar-refractivity contribution in [3.63, 3.8) is 0 Å². The van der Waals surface area contributed by atoms with Gasteiger partial charge in [-0.2, -0.15) is 0 Å². The van der Waals surface area contributed by atoms with Crippen LogP contribution in [-0.2, 0) is 4.74 Å². The minimum absolute atomic E-state index is 0.247. The first-order valence-electron chi connectivity index (χ1n) is 12.5. The highest BCUT2D eigenvalue weighted by Crippen LogP contribution is 2.23.